The van der Waals surface area contributed by atoms with Crippen LogP contribution < -0.4 is 5.32 Å². The molecule has 4 aromatic rings. The number of thiophene rings is 1. The molecule has 1 amide bonds. The third kappa shape index (κ3) is 4.34. The summed E-state index contributed by atoms with van der Waals surface area (Å²) in [7, 11) is 1.44. The summed E-state index contributed by atoms with van der Waals surface area (Å²) < 4.78 is 37.6. The number of nitrogens with zero attached hydrogens (tertiary/aromatic N) is 5. The topological polar surface area (TPSA) is 99.7 Å². The van der Waals surface area contributed by atoms with Crippen LogP contribution in [-0.2, 0) is 17.6 Å². The van der Waals surface area contributed by atoms with Crippen LogP contribution in [0.15, 0.2) is 24.8 Å². The molecule has 0 radical (unpaired) electrons. The Bertz CT molecular complexity index is 1330. The van der Waals surface area contributed by atoms with Crippen LogP contribution >= 0.6 is 11.3 Å². The van der Waals surface area contributed by atoms with Gasteiger partial charge in [0.15, 0.2) is 5.65 Å². The lowest BCUT2D eigenvalue weighted by Crippen LogP contribution is -2.37. The summed E-state index contributed by atoms with van der Waals surface area (Å²) in [5, 5.41) is 11.9. The fourth-order valence-electron chi connectivity index (χ4n) is 4.17. The van der Waals surface area contributed by atoms with Gasteiger partial charge in [0.05, 0.1) is 29.9 Å². The number of nitrogens with one attached hydrogen (secondary N) is 2. The molecule has 12 heteroatoms. The van der Waals surface area contributed by atoms with Gasteiger partial charge in [0.25, 0.3) is 0 Å². The van der Waals surface area contributed by atoms with Crippen molar-refractivity contribution in [2.24, 2.45) is 5.92 Å². The van der Waals surface area contributed by atoms with Gasteiger partial charge in [-0.25, -0.2) is 15.0 Å². The molecule has 33 heavy (non-hydrogen) atoms. The first-order valence-corrected chi connectivity index (χ1v) is 11.2. The highest BCUT2D eigenvalue weighted by Crippen LogP contribution is 2.40. The largest absolute Gasteiger partial charge is 0.390 e. The van der Waals surface area contributed by atoms with Crippen molar-refractivity contribution in [2.45, 2.75) is 31.9 Å². The summed E-state index contributed by atoms with van der Waals surface area (Å²) in [6.07, 6.45) is 1.30. The van der Waals surface area contributed by atoms with E-state index >= 15 is 0 Å². The van der Waals surface area contributed by atoms with Crippen LogP contribution in [0.1, 0.15) is 23.3 Å². The number of hydrogen-bond donors (Lipinski definition) is 2. The number of aryl methyl sites for hydroxylation is 1. The van der Waals surface area contributed by atoms with E-state index in [9.17, 15) is 18.0 Å². The summed E-state index contributed by atoms with van der Waals surface area (Å²) in [5.41, 5.74) is 2.55. The predicted molar refractivity (Wildman–Crippen MR) is 118 cm³/mol. The van der Waals surface area contributed by atoms with E-state index in [0.29, 0.717) is 30.7 Å². The number of fused-ring (bicyclic) bond motifs is 4. The summed E-state index contributed by atoms with van der Waals surface area (Å²) in [4.78, 5) is 29.0. The van der Waals surface area contributed by atoms with Crippen molar-refractivity contribution < 1.29 is 18.0 Å². The SMILES string of the molecule is CN(CCC(F)(F)F)C(=O)C1CCc2c(sc3ncnc(Nc4cnc5[nH]ncc5c4)c23)C1. The second kappa shape index (κ2) is 8.25. The number of aromatic amines is 1. The van der Waals surface area contributed by atoms with E-state index in [2.05, 4.69) is 30.5 Å². The number of pyridine rings is 1. The van der Waals surface area contributed by atoms with E-state index in [1.54, 1.807) is 12.4 Å². The molecule has 0 bridgehead atoms. The summed E-state index contributed by atoms with van der Waals surface area (Å²) in [6, 6.07) is 1.92. The van der Waals surface area contributed by atoms with Gasteiger partial charge in [-0.1, -0.05) is 0 Å². The number of rotatable bonds is 5. The zero-order chi connectivity index (χ0) is 23.2. The second-order valence-corrected chi connectivity index (χ2v) is 9.21. The number of hydrogen-bond acceptors (Lipinski definition) is 7. The average molecular weight is 476 g/mol. The number of anilines is 2. The molecule has 1 aliphatic rings. The number of aromatic nitrogens is 5. The molecule has 1 atom stereocenters. The number of amides is 1. The quantitative estimate of drug-likeness (QED) is 0.448. The molecule has 1 unspecified atom stereocenters. The minimum absolute atomic E-state index is 0.244. The Balaban J connectivity index is 1.37. The molecule has 8 nitrogen and oxygen atoms in total. The van der Waals surface area contributed by atoms with Gasteiger partial charge < -0.3 is 10.2 Å². The van der Waals surface area contributed by atoms with Gasteiger partial charge in [-0.3, -0.25) is 9.89 Å². The Kier molecular flexibility index (Phi) is 5.39. The first-order valence-electron chi connectivity index (χ1n) is 10.4. The second-order valence-electron chi connectivity index (χ2n) is 8.13. The van der Waals surface area contributed by atoms with Crippen LogP contribution in [-0.4, -0.2) is 55.7 Å². The Morgan fingerprint density at radius 3 is 2.97 bits per heavy atom. The van der Waals surface area contributed by atoms with Crippen LogP contribution in [0.4, 0.5) is 24.7 Å². The Hall–Kier alpha value is -3.28. The molecule has 172 valence electrons. The van der Waals surface area contributed by atoms with Gasteiger partial charge in [0.1, 0.15) is 17.0 Å². The van der Waals surface area contributed by atoms with Gasteiger partial charge in [-0.05, 0) is 30.9 Å². The number of H-pyrrole nitrogens is 1. The molecule has 4 heterocycles. The number of alkyl halides is 3. The third-order valence-corrected chi connectivity index (χ3v) is 7.02. The normalized spacial score (nSPS) is 16.2. The summed E-state index contributed by atoms with van der Waals surface area (Å²) in [5.74, 6) is 0.0846. The van der Waals surface area contributed by atoms with Gasteiger partial charge >= 0.3 is 6.18 Å². The van der Waals surface area contributed by atoms with Crippen LogP contribution in [0.3, 0.4) is 0 Å². The first-order chi connectivity index (χ1) is 15.8. The minimum Gasteiger partial charge on any atom is -0.345 e. The van der Waals surface area contributed by atoms with Crippen LogP contribution in [0.2, 0.25) is 0 Å². The van der Waals surface area contributed by atoms with Gasteiger partial charge in [0, 0.05) is 29.8 Å². The molecule has 5 rings (SSSR count). The molecular formula is C21H20F3N7OS. The fourth-order valence-corrected chi connectivity index (χ4v) is 5.44. The zero-order valence-corrected chi connectivity index (χ0v) is 18.4. The predicted octanol–water partition coefficient (Wildman–Crippen LogP) is 4.22. The van der Waals surface area contributed by atoms with Crippen LogP contribution in [0, 0.1) is 5.92 Å². The lowest BCUT2D eigenvalue weighted by atomic mass is 9.87. The molecular weight excluding hydrogens is 455 g/mol. The Labute approximate surface area is 190 Å². The van der Waals surface area contributed by atoms with E-state index in [-0.39, 0.29) is 18.4 Å². The van der Waals surface area contributed by atoms with E-state index in [0.717, 1.165) is 31.7 Å². The van der Waals surface area contributed by atoms with E-state index in [4.69, 9.17) is 0 Å². The maximum atomic E-state index is 12.7. The van der Waals surface area contributed by atoms with Gasteiger partial charge in [-0.2, -0.15) is 18.3 Å². The van der Waals surface area contributed by atoms with Crippen molar-refractivity contribution in [1.29, 1.82) is 0 Å². The highest BCUT2D eigenvalue weighted by molar-refractivity contribution is 7.19. The highest BCUT2D eigenvalue weighted by Gasteiger charge is 2.33. The number of carbonyl (C=O) groups excluding carboxylic acids is 1. The zero-order valence-electron chi connectivity index (χ0n) is 17.6. The lowest BCUT2D eigenvalue weighted by Gasteiger charge is -2.27. The molecule has 0 spiro atoms. The Morgan fingerprint density at radius 1 is 1.30 bits per heavy atom. The van der Waals surface area contributed by atoms with Gasteiger partial charge in [-0.15, -0.1) is 11.3 Å². The molecule has 0 fully saturated rings. The molecule has 4 aromatic heterocycles. The average Bonchev–Trinajstić information content (AvgIpc) is 3.40. The minimum atomic E-state index is -4.28. The monoisotopic (exact) mass is 475 g/mol. The number of halogens is 3. The van der Waals surface area contributed by atoms with Crippen molar-refractivity contribution >= 4 is 50.0 Å². The van der Waals surface area contributed by atoms with Crippen molar-refractivity contribution in [2.75, 3.05) is 18.9 Å². The molecule has 1 aliphatic carbocycles. The van der Waals surface area contributed by atoms with Crippen molar-refractivity contribution in [1.82, 2.24) is 30.0 Å². The molecule has 2 N–H and O–H groups in total. The first kappa shape index (κ1) is 21.6. The van der Waals surface area contributed by atoms with Crippen molar-refractivity contribution in [3.05, 3.63) is 35.2 Å². The molecule has 0 aromatic carbocycles. The smallest absolute Gasteiger partial charge is 0.345 e. The van der Waals surface area contributed by atoms with E-state index in [1.807, 2.05) is 6.07 Å². The van der Waals surface area contributed by atoms with E-state index < -0.39 is 12.6 Å². The Morgan fingerprint density at radius 2 is 2.15 bits per heavy atom. The number of carbonyl (C=O) groups is 1. The molecule has 0 aliphatic heterocycles. The lowest BCUT2D eigenvalue weighted by molar-refractivity contribution is -0.146. The third-order valence-electron chi connectivity index (χ3n) is 5.86. The highest BCUT2D eigenvalue weighted by atomic mass is 32.1. The molecule has 0 saturated heterocycles. The van der Waals surface area contributed by atoms with Gasteiger partial charge in [0.2, 0.25) is 5.91 Å². The van der Waals surface area contributed by atoms with Crippen LogP contribution in [0.5, 0.6) is 0 Å². The van der Waals surface area contributed by atoms with Crippen molar-refractivity contribution in [3.63, 3.8) is 0 Å². The van der Waals surface area contributed by atoms with E-state index in [1.165, 1.54) is 29.6 Å². The van der Waals surface area contributed by atoms with Crippen LogP contribution in [0.25, 0.3) is 21.3 Å². The molecule has 0 saturated carbocycles. The summed E-state index contributed by atoms with van der Waals surface area (Å²) in [6.45, 7) is -0.327. The van der Waals surface area contributed by atoms with Crippen molar-refractivity contribution in [3.8, 4) is 0 Å². The maximum absolute atomic E-state index is 12.7. The fraction of sp³-hybridized carbons (Fsp3) is 0.381. The summed E-state index contributed by atoms with van der Waals surface area (Å²) >= 11 is 1.51. The standard InChI is InChI=1S/C21H20F3N7OS/c1-31(5-4-21(22,23)24)20(32)11-2-3-14-15(7-11)33-19-16(14)18(26-10-27-19)29-13-6-12-8-28-30-17(12)25-9-13/h6,8-11H,2-5,7H2,1H3,(H,25,28,30)(H,26,27,29). The maximum Gasteiger partial charge on any atom is 0.390 e.